The number of ether oxygens (including phenoxy) is 2. The fourth-order valence-electron chi connectivity index (χ4n) is 5.30. The summed E-state index contributed by atoms with van der Waals surface area (Å²) in [5, 5.41) is 52.9. The number of carboxylic acids is 1. The first-order chi connectivity index (χ1) is 15.0. The Labute approximate surface area is 181 Å². The van der Waals surface area contributed by atoms with Crippen LogP contribution in [0.1, 0.15) is 64.6 Å². The Bertz CT molecular complexity index is 1180. The van der Waals surface area contributed by atoms with E-state index in [1.165, 1.54) is 13.8 Å². The molecule has 168 valence electrons. The first kappa shape index (κ1) is 20.7. The van der Waals surface area contributed by atoms with Crippen LogP contribution in [0.5, 0.6) is 11.5 Å². The number of rotatable bonds is 2. The van der Waals surface area contributed by atoms with E-state index in [9.17, 15) is 34.8 Å². The van der Waals surface area contributed by atoms with Crippen LogP contribution in [-0.4, -0.2) is 61.4 Å². The lowest BCUT2D eigenvalue weighted by Gasteiger charge is -2.52. The number of aliphatic hydroxyl groups excluding tert-OH is 1. The molecule has 6 rings (SSSR count). The van der Waals surface area contributed by atoms with Gasteiger partial charge in [-0.2, -0.15) is 0 Å². The van der Waals surface area contributed by atoms with Gasteiger partial charge in [0.25, 0.3) is 0 Å². The number of aromatic hydroxyl groups is 2. The van der Waals surface area contributed by atoms with Gasteiger partial charge in [-0.25, -0.2) is 0 Å². The molecular formula is C22H20O10. The number of carbonyl (C=O) groups is 3. The monoisotopic (exact) mass is 444 g/mol. The summed E-state index contributed by atoms with van der Waals surface area (Å²) < 4.78 is 11.2. The second kappa shape index (κ2) is 6.41. The molecular weight excluding hydrogens is 424 g/mol. The van der Waals surface area contributed by atoms with Crippen molar-refractivity contribution in [2.75, 3.05) is 0 Å². The van der Waals surface area contributed by atoms with E-state index in [0.717, 1.165) is 6.08 Å². The van der Waals surface area contributed by atoms with Crippen LogP contribution in [0.4, 0.5) is 0 Å². The maximum Gasteiger partial charge on any atom is 0.311 e. The molecule has 0 saturated carbocycles. The fraction of sp³-hybridized carbons (Fsp3) is 0.409. The van der Waals surface area contributed by atoms with Crippen molar-refractivity contribution >= 4 is 17.5 Å². The van der Waals surface area contributed by atoms with Gasteiger partial charge in [-0.3, -0.25) is 14.4 Å². The van der Waals surface area contributed by atoms with E-state index in [1.807, 2.05) is 0 Å². The summed E-state index contributed by atoms with van der Waals surface area (Å²) in [6, 6.07) is 0. The molecule has 3 heterocycles. The number of aliphatic carboxylic acids is 1. The molecule has 5 unspecified atom stereocenters. The van der Waals surface area contributed by atoms with Crippen LogP contribution in [0.15, 0.2) is 23.0 Å². The van der Waals surface area contributed by atoms with Gasteiger partial charge in [0.15, 0.2) is 11.6 Å². The molecule has 1 saturated heterocycles. The van der Waals surface area contributed by atoms with Crippen LogP contribution in [0.3, 0.4) is 0 Å². The molecule has 5 N–H and O–H groups in total. The van der Waals surface area contributed by atoms with Crippen molar-refractivity contribution in [2.24, 2.45) is 0 Å². The van der Waals surface area contributed by atoms with Gasteiger partial charge in [0.2, 0.25) is 0 Å². The number of allylic oxidation sites excluding steroid dienone is 2. The SMILES string of the molecule is CC1OC(CC(=O)O)=CC2=C1C(=O)c1c(O)c3c(c(O)c1C2=O)C1CC(O)C3(O)C(C)O1. The van der Waals surface area contributed by atoms with Gasteiger partial charge in [0.1, 0.15) is 35.4 Å². The third-order valence-corrected chi connectivity index (χ3v) is 6.74. The zero-order valence-corrected chi connectivity index (χ0v) is 17.1. The van der Waals surface area contributed by atoms with Crippen molar-refractivity contribution in [1.29, 1.82) is 0 Å². The number of benzene rings is 1. The normalized spacial score (nSPS) is 32.7. The van der Waals surface area contributed by atoms with Gasteiger partial charge >= 0.3 is 5.97 Å². The van der Waals surface area contributed by atoms with Crippen LogP contribution < -0.4 is 0 Å². The highest BCUT2D eigenvalue weighted by molar-refractivity contribution is 6.30. The van der Waals surface area contributed by atoms with Crippen molar-refractivity contribution in [3.8, 4) is 11.5 Å². The summed E-state index contributed by atoms with van der Waals surface area (Å²) in [7, 11) is 0. The Morgan fingerprint density at radius 3 is 2.44 bits per heavy atom. The van der Waals surface area contributed by atoms with E-state index >= 15 is 0 Å². The molecule has 0 spiro atoms. The number of Topliss-reactive ketones (excluding diaryl/α,β-unsaturated/α-hetero) is 2. The molecule has 2 bridgehead atoms. The second-order valence-corrected chi connectivity index (χ2v) is 8.51. The van der Waals surface area contributed by atoms with Gasteiger partial charge in [0, 0.05) is 23.1 Å². The average Bonchev–Trinajstić information content (AvgIpc) is 2.69. The third-order valence-electron chi connectivity index (χ3n) is 6.74. The molecule has 10 nitrogen and oxygen atoms in total. The smallest absolute Gasteiger partial charge is 0.311 e. The highest BCUT2D eigenvalue weighted by atomic mass is 16.5. The lowest BCUT2D eigenvalue weighted by Crippen LogP contribution is -2.58. The summed E-state index contributed by atoms with van der Waals surface area (Å²) in [6.07, 6.45) is -3.60. The molecule has 0 aromatic heterocycles. The highest BCUT2D eigenvalue weighted by Crippen LogP contribution is 2.59. The number of carbonyl (C=O) groups excluding carboxylic acids is 2. The van der Waals surface area contributed by atoms with Crippen molar-refractivity contribution in [1.82, 2.24) is 0 Å². The van der Waals surface area contributed by atoms with Gasteiger partial charge in [-0.05, 0) is 19.9 Å². The Balaban J connectivity index is 1.78. The molecule has 1 fully saturated rings. The van der Waals surface area contributed by atoms with Crippen LogP contribution in [0.2, 0.25) is 0 Å². The summed E-state index contributed by atoms with van der Waals surface area (Å²) in [6.45, 7) is 2.96. The van der Waals surface area contributed by atoms with Gasteiger partial charge in [0.05, 0.1) is 35.0 Å². The number of hydrogen-bond acceptors (Lipinski definition) is 9. The topological polar surface area (TPSA) is 171 Å². The number of carboxylic acid groups (broad SMARTS) is 1. The van der Waals surface area contributed by atoms with Crippen molar-refractivity contribution in [2.45, 2.75) is 56.7 Å². The summed E-state index contributed by atoms with van der Waals surface area (Å²) in [4.78, 5) is 37.8. The zero-order chi connectivity index (χ0) is 23.3. The summed E-state index contributed by atoms with van der Waals surface area (Å²) >= 11 is 0. The molecule has 5 atom stereocenters. The number of aliphatic hydroxyl groups is 2. The van der Waals surface area contributed by atoms with Crippen LogP contribution in [-0.2, 0) is 19.9 Å². The second-order valence-electron chi connectivity index (χ2n) is 8.51. The quantitative estimate of drug-likeness (QED) is 0.414. The lowest BCUT2D eigenvalue weighted by atomic mass is 9.66. The highest BCUT2D eigenvalue weighted by Gasteiger charge is 2.59. The molecule has 3 aliphatic heterocycles. The molecule has 0 amide bonds. The van der Waals surface area contributed by atoms with Crippen LogP contribution >= 0.6 is 0 Å². The largest absolute Gasteiger partial charge is 0.507 e. The van der Waals surface area contributed by atoms with Crippen LogP contribution in [0.25, 0.3) is 0 Å². The fourth-order valence-corrected chi connectivity index (χ4v) is 5.30. The minimum Gasteiger partial charge on any atom is -0.507 e. The summed E-state index contributed by atoms with van der Waals surface area (Å²) in [5.74, 6) is -4.12. The number of phenolic OH excluding ortho intramolecular Hbond substituents is 2. The molecule has 1 aromatic carbocycles. The van der Waals surface area contributed by atoms with Crippen molar-refractivity contribution < 1.29 is 49.4 Å². The Hall–Kier alpha value is -3.21. The van der Waals surface area contributed by atoms with Gasteiger partial charge < -0.3 is 35.0 Å². The molecule has 10 heteroatoms. The number of phenols is 2. The van der Waals surface area contributed by atoms with Crippen molar-refractivity contribution in [3.63, 3.8) is 0 Å². The Kier molecular flexibility index (Phi) is 4.14. The Morgan fingerprint density at radius 1 is 1.16 bits per heavy atom. The van der Waals surface area contributed by atoms with E-state index in [0.29, 0.717) is 0 Å². The van der Waals surface area contributed by atoms with E-state index in [-0.39, 0.29) is 34.5 Å². The first-order valence-electron chi connectivity index (χ1n) is 10.1. The van der Waals surface area contributed by atoms with Crippen LogP contribution in [0, 0.1) is 0 Å². The average molecular weight is 444 g/mol. The molecule has 5 aliphatic rings. The number of ketones is 2. The van der Waals surface area contributed by atoms with E-state index < -0.39 is 76.6 Å². The predicted molar refractivity (Wildman–Crippen MR) is 104 cm³/mol. The van der Waals surface area contributed by atoms with E-state index in [4.69, 9.17) is 14.6 Å². The lowest BCUT2D eigenvalue weighted by molar-refractivity contribution is -0.246. The maximum absolute atomic E-state index is 13.4. The van der Waals surface area contributed by atoms with E-state index in [1.54, 1.807) is 0 Å². The zero-order valence-electron chi connectivity index (χ0n) is 17.1. The minimum atomic E-state index is -2.10. The number of hydrogen-bond donors (Lipinski definition) is 5. The van der Waals surface area contributed by atoms with E-state index in [2.05, 4.69) is 0 Å². The standard InChI is InChI=1S/C22H20O10/c1-6-13-9(3-8(31-6)4-12(24)25)18(26)15-16(19(13)27)21(29)17-14(20(15)28)10-5-11(23)22(17,30)7(2)32-10/h3,6-7,10-11,23,28-30H,4-5H2,1-2H3,(H,24,25). The number of fused-ring (bicyclic) bond motifs is 3. The van der Waals surface area contributed by atoms with Crippen molar-refractivity contribution in [3.05, 3.63) is 45.2 Å². The molecule has 1 aromatic rings. The minimum absolute atomic E-state index is 0.0244. The third kappa shape index (κ3) is 2.37. The maximum atomic E-state index is 13.4. The summed E-state index contributed by atoms with van der Waals surface area (Å²) in [5.41, 5.74) is -3.53. The first-order valence-corrected chi connectivity index (χ1v) is 10.1. The van der Waals surface area contributed by atoms with Gasteiger partial charge in [-0.1, -0.05) is 0 Å². The van der Waals surface area contributed by atoms with Gasteiger partial charge in [-0.15, -0.1) is 0 Å². The predicted octanol–water partition coefficient (Wildman–Crippen LogP) is 0.963. The Morgan fingerprint density at radius 2 is 1.81 bits per heavy atom. The molecule has 0 radical (unpaired) electrons. The molecule has 32 heavy (non-hydrogen) atoms. The molecule has 2 aliphatic carbocycles.